The van der Waals surface area contributed by atoms with E-state index in [0.29, 0.717) is 39.4 Å². The molecule has 0 bridgehead atoms. The Labute approximate surface area is 185 Å². The second kappa shape index (κ2) is 8.63. The van der Waals surface area contributed by atoms with Crippen molar-refractivity contribution >= 4 is 34.3 Å². The second-order valence-corrected chi connectivity index (χ2v) is 8.04. The molecule has 0 fully saturated rings. The number of rotatable bonds is 5. The van der Waals surface area contributed by atoms with Crippen LogP contribution in [0, 0.1) is 19.8 Å². The molecular weight excluding hydrogens is 404 g/mol. The first-order valence-corrected chi connectivity index (χ1v) is 10.4. The van der Waals surface area contributed by atoms with Crippen molar-refractivity contribution in [2.24, 2.45) is 5.92 Å². The quantitative estimate of drug-likeness (QED) is 0.446. The number of fused-ring (bicyclic) bond motifs is 1. The molecular formula is C25H24N4O3. The molecule has 2 aromatic carbocycles. The molecule has 7 nitrogen and oxygen atoms in total. The number of benzene rings is 2. The maximum Gasteiger partial charge on any atom is 0.259 e. The van der Waals surface area contributed by atoms with E-state index in [4.69, 9.17) is 4.52 Å². The molecule has 0 aliphatic carbocycles. The van der Waals surface area contributed by atoms with Crippen LogP contribution in [0.3, 0.4) is 0 Å². The number of aromatic nitrogens is 2. The number of nitrogens with one attached hydrogen (secondary N) is 2. The van der Waals surface area contributed by atoms with Gasteiger partial charge < -0.3 is 15.2 Å². The zero-order chi connectivity index (χ0) is 22.8. The van der Waals surface area contributed by atoms with Gasteiger partial charge in [0.25, 0.3) is 11.6 Å². The smallest absolute Gasteiger partial charge is 0.259 e. The van der Waals surface area contributed by atoms with Crippen molar-refractivity contribution in [2.45, 2.75) is 27.7 Å². The molecule has 0 spiro atoms. The summed E-state index contributed by atoms with van der Waals surface area (Å²) in [6.07, 6.45) is 0. The van der Waals surface area contributed by atoms with E-state index in [1.807, 2.05) is 45.0 Å². The second-order valence-electron chi connectivity index (χ2n) is 8.04. The molecule has 0 atom stereocenters. The third-order valence-electron chi connectivity index (χ3n) is 5.14. The van der Waals surface area contributed by atoms with E-state index in [9.17, 15) is 9.59 Å². The van der Waals surface area contributed by atoms with Gasteiger partial charge in [-0.25, -0.2) is 4.98 Å². The predicted octanol–water partition coefficient (Wildman–Crippen LogP) is 5.35. The maximum atomic E-state index is 13.2. The molecule has 32 heavy (non-hydrogen) atoms. The SMILES string of the molecule is Cc1ccc(-c2cc(C(=O)Nc3ccc(NC(=O)C(C)C)cc3)c3c(C)noc3n2)cc1. The molecule has 0 aliphatic rings. The Morgan fingerprint density at radius 2 is 1.53 bits per heavy atom. The first kappa shape index (κ1) is 21.2. The van der Waals surface area contributed by atoms with Gasteiger partial charge >= 0.3 is 0 Å². The lowest BCUT2D eigenvalue weighted by Crippen LogP contribution is -2.17. The molecule has 2 amide bonds. The summed E-state index contributed by atoms with van der Waals surface area (Å²) in [4.78, 5) is 29.6. The Kier molecular flexibility index (Phi) is 5.73. The number of pyridine rings is 1. The third-order valence-corrected chi connectivity index (χ3v) is 5.14. The minimum atomic E-state index is -0.295. The van der Waals surface area contributed by atoms with E-state index in [-0.39, 0.29) is 17.7 Å². The van der Waals surface area contributed by atoms with Gasteiger partial charge in [0, 0.05) is 22.9 Å². The van der Waals surface area contributed by atoms with Crippen molar-refractivity contribution in [3.63, 3.8) is 0 Å². The summed E-state index contributed by atoms with van der Waals surface area (Å²) >= 11 is 0. The van der Waals surface area contributed by atoms with Crippen LogP contribution in [0.2, 0.25) is 0 Å². The highest BCUT2D eigenvalue weighted by Crippen LogP contribution is 2.28. The first-order valence-electron chi connectivity index (χ1n) is 10.4. The highest BCUT2D eigenvalue weighted by Gasteiger charge is 2.19. The number of amides is 2. The van der Waals surface area contributed by atoms with Crippen LogP contribution >= 0.6 is 0 Å². The Morgan fingerprint density at radius 1 is 0.906 bits per heavy atom. The number of aryl methyl sites for hydroxylation is 2. The van der Waals surface area contributed by atoms with Gasteiger partial charge in [-0.3, -0.25) is 9.59 Å². The van der Waals surface area contributed by atoms with E-state index in [1.54, 1.807) is 37.3 Å². The van der Waals surface area contributed by atoms with Crippen LogP contribution in [-0.4, -0.2) is 22.0 Å². The van der Waals surface area contributed by atoms with Crippen LogP contribution < -0.4 is 10.6 Å². The van der Waals surface area contributed by atoms with Crippen molar-refractivity contribution in [3.8, 4) is 11.3 Å². The van der Waals surface area contributed by atoms with E-state index < -0.39 is 0 Å². The molecule has 4 rings (SSSR count). The van der Waals surface area contributed by atoms with E-state index in [1.165, 1.54) is 0 Å². The first-order chi connectivity index (χ1) is 15.3. The van der Waals surface area contributed by atoms with Crippen molar-refractivity contribution in [1.29, 1.82) is 0 Å². The van der Waals surface area contributed by atoms with Crippen LogP contribution in [0.1, 0.15) is 35.5 Å². The Morgan fingerprint density at radius 3 is 2.16 bits per heavy atom. The summed E-state index contributed by atoms with van der Waals surface area (Å²) in [5.41, 5.74) is 5.27. The summed E-state index contributed by atoms with van der Waals surface area (Å²) in [6, 6.07) is 16.6. The van der Waals surface area contributed by atoms with Gasteiger partial charge in [-0.1, -0.05) is 48.8 Å². The molecule has 2 heterocycles. The lowest BCUT2D eigenvalue weighted by Gasteiger charge is -2.10. The summed E-state index contributed by atoms with van der Waals surface area (Å²) in [7, 11) is 0. The summed E-state index contributed by atoms with van der Waals surface area (Å²) < 4.78 is 5.37. The number of anilines is 2. The minimum absolute atomic E-state index is 0.0625. The standard InChI is InChI=1S/C25H24N4O3/c1-14(2)23(30)26-18-9-11-19(12-10-18)27-24(31)20-13-21(17-7-5-15(3)6-8-17)28-25-22(20)16(4)29-32-25/h5-14H,1-4H3,(H,26,30)(H,27,31). The molecule has 0 aliphatic heterocycles. The molecule has 162 valence electrons. The fraction of sp³-hybridized carbons (Fsp3) is 0.200. The predicted molar refractivity (Wildman–Crippen MR) is 125 cm³/mol. The lowest BCUT2D eigenvalue weighted by molar-refractivity contribution is -0.118. The molecule has 0 saturated heterocycles. The zero-order valence-electron chi connectivity index (χ0n) is 18.4. The largest absolute Gasteiger partial charge is 0.335 e. The lowest BCUT2D eigenvalue weighted by atomic mass is 10.0. The molecule has 0 saturated carbocycles. The van der Waals surface area contributed by atoms with Gasteiger partial charge in [-0.15, -0.1) is 0 Å². The summed E-state index contributed by atoms with van der Waals surface area (Å²) in [5.74, 6) is -0.471. The van der Waals surface area contributed by atoms with Crippen LogP contribution in [0.25, 0.3) is 22.4 Å². The van der Waals surface area contributed by atoms with Crippen molar-refractivity contribution in [3.05, 3.63) is 71.4 Å². The number of nitrogens with zero attached hydrogens (tertiary/aromatic N) is 2. The van der Waals surface area contributed by atoms with Gasteiger partial charge in [0.2, 0.25) is 5.91 Å². The molecule has 7 heteroatoms. The van der Waals surface area contributed by atoms with Crippen molar-refractivity contribution < 1.29 is 14.1 Å². The van der Waals surface area contributed by atoms with Crippen LogP contribution in [0.5, 0.6) is 0 Å². The topological polar surface area (TPSA) is 97.1 Å². The number of hydrogen-bond donors (Lipinski definition) is 2. The van der Waals surface area contributed by atoms with Crippen molar-refractivity contribution in [2.75, 3.05) is 10.6 Å². The van der Waals surface area contributed by atoms with Gasteiger partial charge in [-0.05, 0) is 44.2 Å². The average molecular weight is 428 g/mol. The Balaban J connectivity index is 1.63. The fourth-order valence-corrected chi connectivity index (χ4v) is 3.27. The fourth-order valence-electron chi connectivity index (χ4n) is 3.27. The monoisotopic (exact) mass is 428 g/mol. The summed E-state index contributed by atoms with van der Waals surface area (Å²) in [5, 5.41) is 10.3. The molecule has 2 N–H and O–H groups in total. The van der Waals surface area contributed by atoms with E-state index in [0.717, 1.165) is 11.1 Å². The van der Waals surface area contributed by atoms with E-state index >= 15 is 0 Å². The highest BCUT2D eigenvalue weighted by atomic mass is 16.5. The number of carbonyl (C=O) groups is 2. The van der Waals surface area contributed by atoms with Gasteiger partial charge in [0.05, 0.1) is 22.3 Å². The zero-order valence-corrected chi connectivity index (χ0v) is 18.4. The van der Waals surface area contributed by atoms with Crippen LogP contribution in [-0.2, 0) is 4.79 Å². The molecule has 0 unspecified atom stereocenters. The summed E-state index contributed by atoms with van der Waals surface area (Å²) in [6.45, 7) is 7.45. The normalized spacial score (nSPS) is 11.0. The average Bonchev–Trinajstić information content (AvgIpc) is 3.15. The van der Waals surface area contributed by atoms with Gasteiger partial charge in [0.15, 0.2) is 0 Å². The van der Waals surface area contributed by atoms with Crippen LogP contribution in [0.15, 0.2) is 59.1 Å². The Hall–Kier alpha value is -4.00. The van der Waals surface area contributed by atoms with E-state index in [2.05, 4.69) is 20.8 Å². The van der Waals surface area contributed by atoms with Gasteiger partial charge in [0.1, 0.15) is 0 Å². The molecule has 0 radical (unpaired) electrons. The maximum absolute atomic E-state index is 13.2. The van der Waals surface area contributed by atoms with Crippen molar-refractivity contribution in [1.82, 2.24) is 10.1 Å². The minimum Gasteiger partial charge on any atom is -0.335 e. The Bertz CT molecular complexity index is 1290. The molecule has 4 aromatic rings. The number of carbonyl (C=O) groups excluding carboxylic acids is 2. The number of hydrogen-bond acceptors (Lipinski definition) is 5. The molecule has 2 aromatic heterocycles. The third kappa shape index (κ3) is 4.37. The van der Waals surface area contributed by atoms with Gasteiger partial charge in [-0.2, -0.15) is 0 Å². The highest BCUT2D eigenvalue weighted by molar-refractivity contribution is 6.13. The van der Waals surface area contributed by atoms with Crippen LogP contribution in [0.4, 0.5) is 11.4 Å².